The molecular formula is C30H32N4O. The Kier molecular flexibility index (Phi) is 6.37. The van der Waals surface area contributed by atoms with Crippen LogP contribution >= 0.6 is 0 Å². The molecule has 4 rings (SSSR count). The Labute approximate surface area is 207 Å². The van der Waals surface area contributed by atoms with E-state index in [2.05, 4.69) is 72.4 Å². The third kappa shape index (κ3) is 4.27. The van der Waals surface area contributed by atoms with Crippen LogP contribution in [-0.2, 0) is 5.54 Å². The number of fused-ring (bicyclic) bond motifs is 1. The summed E-state index contributed by atoms with van der Waals surface area (Å²) < 4.78 is 0. The lowest BCUT2D eigenvalue weighted by atomic mass is 9.78. The van der Waals surface area contributed by atoms with Crippen molar-refractivity contribution in [2.75, 3.05) is 26.0 Å². The number of hydrogen-bond acceptors (Lipinski definition) is 4. The number of benzene rings is 3. The number of hydrogen-bond donors (Lipinski definition) is 2. The van der Waals surface area contributed by atoms with Crippen LogP contribution in [0.2, 0.25) is 0 Å². The van der Waals surface area contributed by atoms with Crippen LogP contribution in [0, 0.1) is 6.92 Å². The molecule has 0 fully saturated rings. The van der Waals surface area contributed by atoms with Crippen LogP contribution in [-0.4, -0.2) is 37.5 Å². The van der Waals surface area contributed by atoms with Gasteiger partial charge < -0.3 is 20.6 Å². The van der Waals surface area contributed by atoms with Gasteiger partial charge in [-0.15, -0.1) is 0 Å². The smallest absolute Gasteiger partial charge is 0.116 e. The number of phenols is 1. The molecule has 1 aliphatic rings. The molecule has 0 aromatic heterocycles. The summed E-state index contributed by atoms with van der Waals surface area (Å²) in [6.45, 7) is 10.7. The molecule has 0 bridgehead atoms. The highest BCUT2D eigenvalue weighted by atomic mass is 16.3. The molecule has 0 saturated heterocycles. The highest BCUT2D eigenvalue weighted by Crippen LogP contribution is 2.43. The van der Waals surface area contributed by atoms with E-state index in [1.54, 1.807) is 25.5 Å². The molecule has 5 heteroatoms. The third-order valence-corrected chi connectivity index (χ3v) is 6.68. The van der Waals surface area contributed by atoms with Crippen molar-refractivity contribution in [3.63, 3.8) is 0 Å². The molecule has 1 atom stereocenters. The van der Waals surface area contributed by atoms with Gasteiger partial charge in [-0.25, -0.2) is 0 Å². The highest BCUT2D eigenvalue weighted by molar-refractivity contribution is 5.92. The summed E-state index contributed by atoms with van der Waals surface area (Å²) in [6.07, 6.45) is 3.75. The van der Waals surface area contributed by atoms with Crippen LogP contribution in [0.3, 0.4) is 0 Å². The average Bonchev–Trinajstić information content (AvgIpc) is 2.85. The van der Waals surface area contributed by atoms with E-state index < -0.39 is 5.54 Å². The molecule has 178 valence electrons. The van der Waals surface area contributed by atoms with Crippen molar-refractivity contribution < 1.29 is 5.11 Å². The lowest BCUT2D eigenvalue weighted by Gasteiger charge is -2.38. The maximum Gasteiger partial charge on any atom is 0.116 e. The highest BCUT2D eigenvalue weighted by Gasteiger charge is 2.36. The molecule has 0 amide bonds. The first-order valence-corrected chi connectivity index (χ1v) is 11.5. The first-order valence-electron chi connectivity index (χ1n) is 11.5. The Morgan fingerprint density at radius 3 is 2.43 bits per heavy atom. The zero-order valence-electron chi connectivity index (χ0n) is 20.8. The molecule has 3 aromatic carbocycles. The van der Waals surface area contributed by atoms with Crippen LogP contribution in [0.5, 0.6) is 5.75 Å². The van der Waals surface area contributed by atoms with Gasteiger partial charge in [-0.05, 0) is 59.5 Å². The first kappa shape index (κ1) is 24.0. The van der Waals surface area contributed by atoms with Crippen molar-refractivity contribution in [1.82, 2.24) is 4.90 Å². The number of nitrogens with two attached hydrogens (primary N) is 1. The quantitative estimate of drug-likeness (QED) is 0.379. The zero-order valence-corrected chi connectivity index (χ0v) is 20.8. The van der Waals surface area contributed by atoms with Crippen LogP contribution in [0.15, 0.2) is 102 Å². The van der Waals surface area contributed by atoms with E-state index in [0.717, 1.165) is 44.8 Å². The fourth-order valence-corrected chi connectivity index (χ4v) is 4.54. The topological polar surface area (TPSA) is 65.1 Å². The second kappa shape index (κ2) is 9.28. The standard InChI is InChI=1S/C30H32N4O/c1-20-10-12-24(13-11-20)30(31,22(3)33(5)19-32-4)25-14-15-29-28(18-25)27(16-21(2)34(29)6)23-8-7-9-26(35)17-23/h7-19,35H,2-3,31H2,1,4-6H3. The van der Waals surface area contributed by atoms with Gasteiger partial charge in [0.15, 0.2) is 0 Å². The molecule has 0 aliphatic carbocycles. The molecule has 3 N–H and O–H groups in total. The van der Waals surface area contributed by atoms with E-state index >= 15 is 0 Å². The summed E-state index contributed by atoms with van der Waals surface area (Å²) in [5.74, 6) is 0.215. The molecule has 1 aliphatic heterocycles. The van der Waals surface area contributed by atoms with Gasteiger partial charge in [0, 0.05) is 43.8 Å². The summed E-state index contributed by atoms with van der Waals surface area (Å²) >= 11 is 0. The minimum absolute atomic E-state index is 0.215. The van der Waals surface area contributed by atoms with E-state index in [1.165, 1.54) is 0 Å². The van der Waals surface area contributed by atoms with E-state index in [-0.39, 0.29) is 5.75 Å². The predicted octanol–water partition coefficient (Wildman–Crippen LogP) is 5.40. The lowest BCUT2D eigenvalue weighted by molar-refractivity contribution is 0.475. The van der Waals surface area contributed by atoms with Gasteiger partial charge in [0.1, 0.15) is 11.3 Å². The second-order valence-electron chi connectivity index (χ2n) is 9.00. The Balaban J connectivity index is 1.95. The van der Waals surface area contributed by atoms with E-state index in [0.29, 0.717) is 5.70 Å². The maximum absolute atomic E-state index is 10.1. The summed E-state index contributed by atoms with van der Waals surface area (Å²) in [5, 5.41) is 10.1. The Morgan fingerprint density at radius 1 is 1.09 bits per heavy atom. The van der Waals surface area contributed by atoms with Crippen molar-refractivity contribution in [2.45, 2.75) is 12.5 Å². The summed E-state index contributed by atoms with van der Waals surface area (Å²) in [5.41, 5.74) is 14.7. The van der Waals surface area contributed by atoms with Gasteiger partial charge in [0.25, 0.3) is 0 Å². The molecule has 35 heavy (non-hydrogen) atoms. The van der Waals surface area contributed by atoms with Gasteiger partial charge in [-0.2, -0.15) is 0 Å². The first-order chi connectivity index (χ1) is 16.7. The van der Waals surface area contributed by atoms with Gasteiger partial charge in [0.2, 0.25) is 0 Å². The normalized spacial score (nSPS) is 14.9. The van der Waals surface area contributed by atoms with Crippen LogP contribution in [0.25, 0.3) is 5.57 Å². The van der Waals surface area contributed by atoms with Crippen LogP contribution < -0.4 is 10.6 Å². The van der Waals surface area contributed by atoms with Crippen molar-refractivity contribution in [3.05, 3.63) is 125 Å². The summed E-state index contributed by atoms with van der Waals surface area (Å²) in [6, 6.07) is 21.7. The lowest BCUT2D eigenvalue weighted by Crippen LogP contribution is -2.45. The Bertz CT molecular complexity index is 1350. The largest absolute Gasteiger partial charge is 0.508 e. The molecule has 0 saturated carbocycles. The number of rotatable bonds is 6. The van der Waals surface area contributed by atoms with Crippen molar-refractivity contribution in [1.29, 1.82) is 0 Å². The minimum atomic E-state index is -1.00. The van der Waals surface area contributed by atoms with E-state index in [1.807, 2.05) is 37.2 Å². The van der Waals surface area contributed by atoms with Gasteiger partial charge in [-0.1, -0.05) is 61.2 Å². The number of phenolic OH excluding ortho intramolecular Hbond substituents is 1. The molecule has 5 nitrogen and oxygen atoms in total. The zero-order chi connectivity index (χ0) is 25.3. The molecule has 0 spiro atoms. The summed E-state index contributed by atoms with van der Waals surface area (Å²) in [4.78, 5) is 8.07. The monoisotopic (exact) mass is 464 g/mol. The number of likely N-dealkylation sites (N-methyl/N-ethyl adjacent to an activating group) is 2. The molecule has 3 aromatic rings. The van der Waals surface area contributed by atoms with Gasteiger partial charge in [-0.3, -0.25) is 4.99 Å². The van der Waals surface area contributed by atoms with E-state index in [9.17, 15) is 5.11 Å². The fraction of sp³-hybridized carbons (Fsp3) is 0.167. The number of aryl methyl sites for hydroxylation is 1. The van der Waals surface area contributed by atoms with E-state index in [4.69, 9.17) is 5.73 Å². The second-order valence-corrected chi connectivity index (χ2v) is 9.00. The average molecular weight is 465 g/mol. The SMILES string of the molecule is C=C1C=C(c2cccc(O)c2)c2cc(C(N)(C(=C)N(C)C=NC)c3ccc(C)cc3)ccc2N1C. The van der Waals surface area contributed by atoms with Crippen LogP contribution in [0.4, 0.5) is 5.69 Å². The summed E-state index contributed by atoms with van der Waals surface area (Å²) in [7, 11) is 5.62. The van der Waals surface area contributed by atoms with Gasteiger partial charge >= 0.3 is 0 Å². The number of allylic oxidation sites excluding steroid dienone is 1. The predicted molar refractivity (Wildman–Crippen MR) is 147 cm³/mol. The van der Waals surface area contributed by atoms with Crippen molar-refractivity contribution >= 4 is 17.6 Å². The molecular weight excluding hydrogens is 432 g/mol. The molecule has 0 radical (unpaired) electrons. The Hall–Kier alpha value is -4.09. The third-order valence-electron chi connectivity index (χ3n) is 6.68. The number of anilines is 1. The number of aliphatic imine (C=N–C) groups is 1. The Morgan fingerprint density at radius 2 is 1.77 bits per heavy atom. The van der Waals surface area contributed by atoms with Crippen molar-refractivity contribution in [2.24, 2.45) is 10.7 Å². The fourth-order valence-electron chi connectivity index (χ4n) is 4.54. The number of nitrogens with zero attached hydrogens (tertiary/aromatic N) is 3. The minimum Gasteiger partial charge on any atom is -0.508 e. The molecule has 1 heterocycles. The maximum atomic E-state index is 10.1. The van der Waals surface area contributed by atoms with Gasteiger partial charge in [0.05, 0.1) is 6.34 Å². The van der Waals surface area contributed by atoms with Crippen LogP contribution in [0.1, 0.15) is 27.8 Å². The molecule has 1 unspecified atom stereocenters. The van der Waals surface area contributed by atoms with Crippen molar-refractivity contribution in [3.8, 4) is 5.75 Å². The number of aromatic hydroxyl groups is 1.